The highest BCUT2D eigenvalue weighted by molar-refractivity contribution is 5.78. The second kappa shape index (κ2) is 5.31. The van der Waals surface area contributed by atoms with E-state index < -0.39 is 0 Å². The molecule has 0 spiro atoms. The standard InChI is InChI=1S/C14H17N3O/c1-2-4-13-12(3-1)9-16-14(17-13)15-7-5-11-6-8-18-10-11/h1-4,9,11H,5-8,10H2,(H,15,16,17). The van der Waals surface area contributed by atoms with Crippen molar-refractivity contribution in [3.8, 4) is 0 Å². The van der Waals surface area contributed by atoms with Crippen LogP contribution >= 0.6 is 0 Å². The highest BCUT2D eigenvalue weighted by Gasteiger charge is 2.14. The molecule has 2 aromatic rings. The fourth-order valence-electron chi connectivity index (χ4n) is 2.26. The lowest BCUT2D eigenvalue weighted by Gasteiger charge is -2.08. The third-order valence-electron chi connectivity index (χ3n) is 3.35. The normalized spacial score (nSPS) is 19.2. The fraction of sp³-hybridized carbons (Fsp3) is 0.429. The number of ether oxygens (including phenoxy) is 1. The molecule has 0 radical (unpaired) electrons. The average Bonchev–Trinajstić information content (AvgIpc) is 2.92. The first-order chi connectivity index (χ1) is 8.92. The number of fused-ring (bicyclic) bond motifs is 1. The molecule has 1 N–H and O–H groups in total. The van der Waals surface area contributed by atoms with E-state index in [0.29, 0.717) is 11.9 Å². The topological polar surface area (TPSA) is 47.0 Å². The van der Waals surface area contributed by atoms with Crippen LogP contribution in [0.15, 0.2) is 30.5 Å². The number of para-hydroxylation sites is 1. The average molecular weight is 243 g/mol. The maximum Gasteiger partial charge on any atom is 0.223 e. The smallest absolute Gasteiger partial charge is 0.223 e. The first kappa shape index (κ1) is 11.4. The van der Waals surface area contributed by atoms with E-state index in [4.69, 9.17) is 4.74 Å². The van der Waals surface area contributed by atoms with E-state index in [9.17, 15) is 0 Å². The van der Waals surface area contributed by atoms with E-state index in [2.05, 4.69) is 15.3 Å². The van der Waals surface area contributed by atoms with E-state index in [0.717, 1.165) is 37.1 Å². The van der Waals surface area contributed by atoms with E-state index in [1.165, 1.54) is 6.42 Å². The Hall–Kier alpha value is -1.68. The Morgan fingerprint density at radius 2 is 2.28 bits per heavy atom. The molecule has 18 heavy (non-hydrogen) atoms. The van der Waals surface area contributed by atoms with Crippen molar-refractivity contribution in [2.75, 3.05) is 25.1 Å². The van der Waals surface area contributed by atoms with Gasteiger partial charge in [0.1, 0.15) is 0 Å². The van der Waals surface area contributed by atoms with E-state index in [1.54, 1.807) is 0 Å². The van der Waals surface area contributed by atoms with Crippen molar-refractivity contribution in [3.63, 3.8) is 0 Å². The second-order valence-corrected chi connectivity index (χ2v) is 4.70. The molecule has 0 amide bonds. The zero-order valence-corrected chi connectivity index (χ0v) is 10.3. The maximum absolute atomic E-state index is 5.36. The highest BCUT2D eigenvalue weighted by Crippen LogP contribution is 2.16. The van der Waals surface area contributed by atoms with Crippen LogP contribution in [-0.4, -0.2) is 29.7 Å². The Morgan fingerprint density at radius 1 is 1.33 bits per heavy atom. The summed E-state index contributed by atoms with van der Waals surface area (Å²) in [5, 5.41) is 4.36. The summed E-state index contributed by atoms with van der Waals surface area (Å²) < 4.78 is 5.36. The number of hydrogen-bond donors (Lipinski definition) is 1. The lowest BCUT2D eigenvalue weighted by Crippen LogP contribution is -2.10. The van der Waals surface area contributed by atoms with Crippen molar-refractivity contribution >= 4 is 16.9 Å². The SMILES string of the molecule is c1ccc2nc(NCCC3CCOC3)ncc2c1. The monoisotopic (exact) mass is 243 g/mol. The number of nitrogens with one attached hydrogen (secondary N) is 1. The lowest BCUT2D eigenvalue weighted by atomic mass is 10.1. The lowest BCUT2D eigenvalue weighted by molar-refractivity contribution is 0.185. The van der Waals surface area contributed by atoms with Crippen LogP contribution in [0.3, 0.4) is 0 Å². The summed E-state index contributed by atoms with van der Waals surface area (Å²) >= 11 is 0. The number of rotatable bonds is 4. The Bertz CT molecular complexity index is 523. The van der Waals surface area contributed by atoms with Crippen LogP contribution in [0.5, 0.6) is 0 Å². The molecule has 4 nitrogen and oxygen atoms in total. The molecule has 0 bridgehead atoms. The minimum atomic E-state index is 0.693. The van der Waals surface area contributed by atoms with Crippen molar-refractivity contribution < 1.29 is 4.74 Å². The summed E-state index contributed by atoms with van der Waals surface area (Å²) in [7, 11) is 0. The molecule has 4 heteroatoms. The molecule has 1 aromatic heterocycles. The van der Waals surface area contributed by atoms with Gasteiger partial charge in [-0.25, -0.2) is 9.97 Å². The van der Waals surface area contributed by atoms with Crippen LogP contribution in [0.25, 0.3) is 10.9 Å². The molecule has 0 aliphatic carbocycles. The molecular formula is C14H17N3O. The number of hydrogen-bond acceptors (Lipinski definition) is 4. The number of nitrogens with zero attached hydrogens (tertiary/aromatic N) is 2. The maximum atomic E-state index is 5.36. The van der Waals surface area contributed by atoms with Gasteiger partial charge in [-0.1, -0.05) is 18.2 Å². The molecule has 2 heterocycles. The van der Waals surface area contributed by atoms with Gasteiger partial charge in [-0.2, -0.15) is 0 Å². The van der Waals surface area contributed by atoms with Crippen molar-refractivity contribution in [2.45, 2.75) is 12.8 Å². The Labute approximate surface area is 106 Å². The largest absolute Gasteiger partial charge is 0.381 e. The first-order valence-corrected chi connectivity index (χ1v) is 6.45. The summed E-state index contributed by atoms with van der Waals surface area (Å²) in [5.41, 5.74) is 0.985. The number of benzene rings is 1. The third-order valence-corrected chi connectivity index (χ3v) is 3.35. The predicted octanol–water partition coefficient (Wildman–Crippen LogP) is 2.47. The second-order valence-electron chi connectivity index (χ2n) is 4.70. The molecule has 0 saturated carbocycles. The number of anilines is 1. The van der Waals surface area contributed by atoms with Gasteiger partial charge in [0.15, 0.2) is 0 Å². The van der Waals surface area contributed by atoms with Crippen LogP contribution in [0.1, 0.15) is 12.8 Å². The van der Waals surface area contributed by atoms with Gasteiger partial charge in [-0.3, -0.25) is 0 Å². The summed E-state index contributed by atoms with van der Waals surface area (Å²) in [6.45, 7) is 2.73. The van der Waals surface area contributed by atoms with Crippen molar-refractivity contribution in [2.24, 2.45) is 5.92 Å². The van der Waals surface area contributed by atoms with Crippen LogP contribution in [0.2, 0.25) is 0 Å². The van der Waals surface area contributed by atoms with Crippen LogP contribution in [0, 0.1) is 5.92 Å². The van der Waals surface area contributed by atoms with E-state index in [1.807, 2.05) is 30.5 Å². The van der Waals surface area contributed by atoms with Crippen LogP contribution < -0.4 is 5.32 Å². The van der Waals surface area contributed by atoms with Gasteiger partial charge in [0.2, 0.25) is 5.95 Å². The van der Waals surface area contributed by atoms with Gasteiger partial charge in [-0.05, 0) is 24.8 Å². The molecule has 1 aliphatic heterocycles. The summed E-state index contributed by atoms with van der Waals surface area (Å²) in [6.07, 6.45) is 4.17. The minimum Gasteiger partial charge on any atom is -0.381 e. The van der Waals surface area contributed by atoms with Gasteiger partial charge in [-0.15, -0.1) is 0 Å². The summed E-state index contributed by atoms with van der Waals surface area (Å²) in [6, 6.07) is 8.02. The molecular weight excluding hydrogens is 226 g/mol. The fourth-order valence-corrected chi connectivity index (χ4v) is 2.26. The Balaban J connectivity index is 1.60. The Kier molecular flexibility index (Phi) is 3.37. The van der Waals surface area contributed by atoms with Gasteiger partial charge >= 0.3 is 0 Å². The predicted molar refractivity (Wildman–Crippen MR) is 71.6 cm³/mol. The van der Waals surface area contributed by atoms with Gasteiger partial charge in [0.25, 0.3) is 0 Å². The van der Waals surface area contributed by atoms with Gasteiger partial charge in [0, 0.05) is 31.3 Å². The van der Waals surface area contributed by atoms with Gasteiger partial charge in [0.05, 0.1) is 5.52 Å². The molecule has 94 valence electrons. The van der Waals surface area contributed by atoms with Gasteiger partial charge < -0.3 is 10.1 Å². The van der Waals surface area contributed by atoms with Crippen molar-refractivity contribution in [3.05, 3.63) is 30.5 Å². The molecule has 1 aliphatic rings. The van der Waals surface area contributed by atoms with Crippen LogP contribution in [-0.2, 0) is 4.74 Å². The quantitative estimate of drug-likeness (QED) is 0.896. The minimum absolute atomic E-state index is 0.693. The molecule has 1 unspecified atom stereocenters. The summed E-state index contributed by atoms with van der Waals surface area (Å²) in [5.74, 6) is 1.41. The van der Waals surface area contributed by atoms with E-state index >= 15 is 0 Å². The molecule has 1 aromatic carbocycles. The molecule has 1 saturated heterocycles. The zero-order chi connectivity index (χ0) is 12.2. The Morgan fingerprint density at radius 3 is 3.17 bits per heavy atom. The molecule has 3 rings (SSSR count). The summed E-state index contributed by atoms with van der Waals surface area (Å²) in [4.78, 5) is 8.80. The third kappa shape index (κ3) is 2.59. The van der Waals surface area contributed by atoms with Crippen LogP contribution in [0.4, 0.5) is 5.95 Å². The van der Waals surface area contributed by atoms with E-state index in [-0.39, 0.29) is 0 Å². The highest BCUT2D eigenvalue weighted by atomic mass is 16.5. The number of aromatic nitrogens is 2. The molecule has 1 fully saturated rings. The first-order valence-electron chi connectivity index (χ1n) is 6.45. The molecule has 1 atom stereocenters. The van der Waals surface area contributed by atoms with Crippen molar-refractivity contribution in [1.29, 1.82) is 0 Å². The zero-order valence-electron chi connectivity index (χ0n) is 10.3. The van der Waals surface area contributed by atoms with Crippen molar-refractivity contribution in [1.82, 2.24) is 9.97 Å².